The average molecular weight is 329 g/mol. The number of aliphatic carboxylic acids is 1. The molecule has 1 N–H and O–H groups in total. The highest BCUT2D eigenvalue weighted by Gasteiger charge is 2.31. The van der Waals surface area contributed by atoms with Crippen LogP contribution in [0, 0.1) is 0 Å². The number of aryl methyl sites for hydroxylation is 1. The zero-order valence-corrected chi connectivity index (χ0v) is 13.5. The monoisotopic (exact) mass is 329 g/mol. The fourth-order valence-corrected chi connectivity index (χ4v) is 5.14. The van der Waals surface area contributed by atoms with Gasteiger partial charge in [0.1, 0.15) is 0 Å². The number of nitrogens with zero attached hydrogens (tertiary/aromatic N) is 1. The lowest BCUT2D eigenvalue weighted by Crippen LogP contribution is -2.44. The van der Waals surface area contributed by atoms with Crippen LogP contribution < -0.4 is 0 Å². The molecule has 1 saturated heterocycles. The average Bonchev–Trinajstić information content (AvgIpc) is 2.46. The Morgan fingerprint density at radius 3 is 2.62 bits per heavy atom. The first kappa shape index (κ1) is 16.3. The Hall–Kier alpha value is -1.05. The first-order valence-corrected chi connectivity index (χ1v) is 9.41. The van der Waals surface area contributed by atoms with E-state index in [1.165, 1.54) is 0 Å². The molecule has 2 rings (SSSR count). The molecule has 0 aromatic heterocycles. The van der Waals surface area contributed by atoms with Crippen LogP contribution in [0.25, 0.3) is 0 Å². The first-order chi connectivity index (χ1) is 9.91. The number of hydrogen-bond donors (Lipinski definition) is 1. The standard InChI is InChI=1S/C14H19NO4S2/c1-11-10-20-9-8-15(11)21(18,19)13-5-2-12(3-6-13)4-7-14(16)17/h2-3,5-6,11H,4,7-10H2,1H3,(H,16,17). The van der Waals surface area contributed by atoms with Crippen LogP contribution in [0.4, 0.5) is 0 Å². The van der Waals surface area contributed by atoms with Gasteiger partial charge in [-0.25, -0.2) is 8.42 Å². The first-order valence-electron chi connectivity index (χ1n) is 6.81. The van der Waals surface area contributed by atoms with Crippen LogP contribution in [0.3, 0.4) is 0 Å². The molecule has 0 bridgehead atoms. The molecule has 1 atom stereocenters. The van der Waals surface area contributed by atoms with E-state index in [9.17, 15) is 13.2 Å². The zero-order valence-electron chi connectivity index (χ0n) is 11.9. The zero-order chi connectivity index (χ0) is 15.5. The number of benzene rings is 1. The van der Waals surface area contributed by atoms with E-state index in [1.807, 2.05) is 6.92 Å². The van der Waals surface area contributed by atoms with Gasteiger partial charge in [-0.2, -0.15) is 16.1 Å². The number of carbonyl (C=O) groups is 1. The molecule has 0 spiro atoms. The maximum atomic E-state index is 12.6. The van der Waals surface area contributed by atoms with Crippen LogP contribution in [-0.4, -0.2) is 47.9 Å². The van der Waals surface area contributed by atoms with E-state index in [1.54, 1.807) is 40.3 Å². The molecule has 7 heteroatoms. The van der Waals surface area contributed by atoms with Crippen LogP contribution in [0.1, 0.15) is 18.9 Å². The smallest absolute Gasteiger partial charge is 0.303 e. The van der Waals surface area contributed by atoms with Gasteiger partial charge < -0.3 is 5.11 Å². The molecule has 0 aliphatic carbocycles. The second kappa shape index (κ2) is 6.81. The molecular formula is C14H19NO4S2. The van der Waals surface area contributed by atoms with Gasteiger partial charge in [0.15, 0.2) is 0 Å². The van der Waals surface area contributed by atoms with Crippen molar-refractivity contribution in [3.05, 3.63) is 29.8 Å². The predicted molar refractivity (Wildman–Crippen MR) is 83.1 cm³/mol. The lowest BCUT2D eigenvalue weighted by Gasteiger charge is -2.31. The van der Waals surface area contributed by atoms with Gasteiger partial charge >= 0.3 is 5.97 Å². The molecule has 1 aromatic rings. The highest BCUT2D eigenvalue weighted by Crippen LogP contribution is 2.24. The minimum atomic E-state index is -3.46. The van der Waals surface area contributed by atoms with Crippen LogP contribution in [-0.2, 0) is 21.2 Å². The van der Waals surface area contributed by atoms with E-state index in [4.69, 9.17) is 5.11 Å². The van der Waals surface area contributed by atoms with Gasteiger partial charge in [-0.15, -0.1) is 0 Å². The molecule has 0 saturated carbocycles. The third kappa shape index (κ3) is 3.99. The van der Waals surface area contributed by atoms with E-state index in [0.29, 0.717) is 13.0 Å². The summed E-state index contributed by atoms with van der Waals surface area (Å²) in [6.45, 7) is 2.46. The van der Waals surface area contributed by atoms with Crippen molar-refractivity contribution in [1.82, 2.24) is 4.31 Å². The Morgan fingerprint density at radius 1 is 1.38 bits per heavy atom. The Kier molecular flexibility index (Phi) is 5.29. The van der Waals surface area contributed by atoms with E-state index >= 15 is 0 Å². The molecule has 1 aliphatic heterocycles. The van der Waals surface area contributed by atoms with Gasteiger partial charge in [0.05, 0.1) is 4.90 Å². The van der Waals surface area contributed by atoms with Gasteiger partial charge in [0.2, 0.25) is 10.0 Å². The number of carboxylic acid groups (broad SMARTS) is 1. The van der Waals surface area contributed by atoms with Crippen LogP contribution in [0.2, 0.25) is 0 Å². The highest BCUT2D eigenvalue weighted by molar-refractivity contribution is 7.99. The SMILES string of the molecule is CC1CSCCN1S(=O)(=O)c1ccc(CCC(=O)O)cc1. The summed E-state index contributed by atoms with van der Waals surface area (Å²) in [5, 5.41) is 8.65. The number of carboxylic acids is 1. The van der Waals surface area contributed by atoms with E-state index in [-0.39, 0.29) is 17.4 Å². The normalized spacial score (nSPS) is 20.3. The quantitative estimate of drug-likeness (QED) is 0.892. The largest absolute Gasteiger partial charge is 0.481 e. The molecule has 1 heterocycles. The summed E-state index contributed by atoms with van der Waals surface area (Å²) in [5.41, 5.74) is 0.832. The molecular weight excluding hydrogens is 310 g/mol. The Bertz CT molecular complexity index is 598. The summed E-state index contributed by atoms with van der Waals surface area (Å²) < 4.78 is 26.7. The van der Waals surface area contributed by atoms with Crippen molar-refractivity contribution in [2.75, 3.05) is 18.1 Å². The topological polar surface area (TPSA) is 74.7 Å². The van der Waals surface area contributed by atoms with Crippen molar-refractivity contribution in [2.24, 2.45) is 0 Å². The lowest BCUT2D eigenvalue weighted by molar-refractivity contribution is -0.136. The predicted octanol–water partition coefficient (Wildman–Crippen LogP) is 1.83. The highest BCUT2D eigenvalue weighted by atomic mass is 32.2. The van der Waals surface area contributed by atoms with Gasteiger partial charge in [0.25, 0.3) is 0 Å². The molecule has 116 valence electrons. The van der Waals surface area contributed by atoms with Crippen molar-refractivity contribution in [3.63, 3.8) is 0 Å². The summed E-state index contributed by atoms with van der Waals surface area (Å²) in [4.78, 5) is 10.8. The second-order valence-corrected chi connectivity index (χ2v) is 8.12. The fraction of sp³-hybridized carbons (Fsp3) is 0.500. The van der Waals surface area contributed by atoms with Gasteiger partial charge in [-0.3, -0.25) is 4.79 Å². The molecule has 21 heavy (non-hydrogen) atoms. The number of thioether (sulfide) groups is 1. The summed E-state index contributed by atoms with van der Waals surface area (Å²) in [7, 11) is -3.46. The van der Waals surface area contributed by atoms with Gasteiger partial charge in [-0.1, -0.05) is 12.1 Å². The summed E-state index contributed by atoms with van der Waals surface area (Å²) in [6.07, 6.45) is 0.457. The van der Waals surface area contributed by atoms with Gasteiger partial charge in [-0.05, 0) is 31.0 Å². The summed E-state index contributed by atoms with van der Waals surface area (Å²) in [6, 6.07) is 6.53. The van der Waals surface area contributed by atoms with Crippen molar-refractivity contribution < 1.29 is 18.3 Å². The molecule has 0 radical (unpaired) electrons. The maximum absolute atomic E-state index is 12.6. The lowest BCUT2D eigenvalue weighted by atomic mass is 10.1. The van der Waals surface area contributed by atoms with E-state index in [0.717, 1.165) is 17.1 Å². The molecule has 1 unspecified atom stereocenters. The molecule has 1 aliphatic rings. The third-order valence-electron chi connectivity index (χ3n) is 3.46. The Balaban J connectivity index is 2.14. The van der Waals surface area contributed by atoms with Crippen LogP contribution >= 0.6 is 11.8 Å². The number of sulfonamides is 1. The molecule has 1 fully saturated rings. The van der Waals surface area contributed by atoms with Crippen molar-refractivity contribution in [1.29, 1.82) is 0 Å². The number of rotatable bonds is 5. The fourth-order valence-electron chi connectivity index (χ4n) is 2.28. The number of hydrogen-bond acceptors (Lipinski definition) is 4. The summed E-state index contributed by atoms with van der Waals surface area (Å²) in [5.74, 6) is 0.780. The molecule has 0 amide bonds. The Labute approximate surface area is 129 Å². The van der Waals surface area contributed by atoms with Crippen molar-refractivity contribution >= 4 is 27.8 Å². The van der Waals surface area contributed by atoms with E-state index in [2.05, 4.69) is 0 Å². The Morgan fingerprint density at radius 2 is 2.05 bits per heavy atom. The van der Waals surface area contributed by atoms with Crippen molar-refractivity contribution in [3.8, 4) is 0 Å². The van der Waals surface area contributed by atoms with Gasteiger partial charge in [0, 0.05) is 30.5 Å². The van der Waals surface area contributed by atoms with Crippen LogP contribution in [0.5, 0.6) is 0 Å². The third-order valence-corrected chi connectivity index (χ3v) is 6.68. The van der Waals surface area contributed by atoms with Crippen molar-refractivity contribution in [2.45, 2.75) is 30.7 Å². The molecule has 5 nitrogen and oxygen atoms in total. The minimum Gasteiger partial charge on any atom is -0.481 e. The summed E-state index contributed by atoms with van der Waals surface area (Å²) >= 11 is 1.77. The van der Waals surface area contributed by atoms with E-state index < -0.39 is 16.0 Å². The second-order valence-electron chi connectivity index (χ2n) is 5.08. The maximum Gasteiger partial charge on any atom is 0.303 e. The minimum absolute atomic E-state index is 0.000405. The van der Waals surface area contributed by atoms with Crippen LogP contribution in [0.15, 0.2) is 29.2 Å². The molecule has 1 aromatic carbocycles.